The van der Waals surface area contributed by atoms with E-state index in [4.69, 9.17) is 5.73 Å². The molecule has 1 saturated heterocycles. The fourth-order valence-corrected chi connectivity index (χ4v) is 8.00. The second kappa shape index (κ2) is 10.4. The normalized spacial score (nSPS) is 25.7. The molecule has 1 fully saturated rings. The molecule has 0 aliphatic carbocycles. The van der Waals surface area contributed by atoms with E-state index in [1.807, 2.05) is 0 Å². The van der Waals surface area contributed by atoms with Crippen LogP contribution in [0.5, 0.6) is 5.75 Å². The van der Waals surface area contributed by atoms with Gasteiger partial charge in [0.2, 0.25) is 0 Å². The number of halogens is 5. The Hall–Kier alpha value is -3.20. The second-order valence-electron chi connectivity index (χ2n) is 10.0. The molecule has 0 aromatic carbocycles. The topological polar surface area (TPSA) is 132 Å². The second-order valence-corrected chi connectivity index (χ2v) is 13.1. The highest BCUT2D eigenvalue weighted by Gasteiger charge is 2.52. The molecule has 2 aromatic heterocycles. The first kappa shape index (κ1) is 28.8. The maximum Gasteiger partial charge on any atom is 0.340 e. The van der Waals surface area contributed by atoms with Gasteiger partial charge in [0.25, 0.3) is 5.91 Å². The number of fused-ring (bicyclic) bond motifs is 1. The van der Waals surface area contributed by atoms with Crippen molar-refractivity contribution < 1.29 is 35.7 Å². The number of carbonyl (C=O) groups is 1. The zero-order chi connectivity index (χ0) is 28.6. The lowest BCUT2D eigenvalue weighted by Crippen LogP contribution is -2.64. The Morgan fingerprint density at radius 1 is 1.26 bits per heavy atom. The first-order chi connectivity index (χ1) is 18.2. The number of pyridine rings is 2. The Morgan fingerprint density at radius 3 is 2.67 bits per heavy atom. The SMILES string of the molecule is CC1(c2nc(NC(=O)c3ccc(OCC(F)(F)C(F)F)cn3)ccc2F)C[SH]2(=O)NCCCCC2(C)C(N)=N1. The van der Waals surface area contributed by atoms with Crippen molar-refractivity contribution in [2.75, 3.05) is 24.2 Å². The number of nitrogens with two attached hydrogens (primary N) is 1. The molecule has 1 amide bonds. The molecule has 0 spiro atoms. The monoisotopic (exact) mass is 576 g/mol. The minimum absolute atomic E-state index is 0.0217. The minimum atomic E-state index is -4.34. The smallest absolute Gasteiger partial charge is 0.340 e. The summed E-state index contributed by atoms with van der Waals surface area (Å²) >= 11 is 0. The van der Waals surface area contributed by atoms with Gasteiger partial charge in [0, 0.05) is 12.3 Å². The van der Waals surface area contributed by atoms with E-state index in [-0.39, 0.29) is 34.5 Å². The highest BCUT2D eigenvalue weighted by Crippen LogP contribution is 2.43. The molecule has 0 saturated carbocycles. The van der Waals surface area contributed by atoms with Crippen LogP contribution in [0.4, 0.5) is 27.8 Å². The predicted octanol–water partition coefficient (Wildman–Crippen LogP) is 3.20. The van der Waals surface area contributed by atoms with Crippen molar-refractivity contribution in [1.82, 2.24) is 14.7 Å². The summed E-state index contributed by atoms with van der Waals surface area (Å²) in [4.78, 5) is 25.3. The molecule has 2 aliphatic rings. The molecule has 2 atom stereocenters. The van der Waals surface area contributed by atoms with Crippen molar-refractivity contribution in [3.63, 3.8) is 0 Å². The number of aromatic nitrogens is 2. The van der Waals surface area contributed by atoms with Gasteiger partial charge in [0.15, 0.2) is 6.61 Å². The zero-order valence-corrected chi connectivity index (χ0v) is 22.1. The van der Waals surface area contributed by atoms with Crippen molar-refractivity contribution in [2.24, 2.45) is 10.7 Å². The minimum Gasteiger partial charge on any atom is -0.485 e. The molecule has 2 unspecified atom stereocenters. The lowest BCUT2D eigenvalue weighted by molar-refractivity contribution is -0.148. The largest absolute Gasteiger partial charge is 0.485 e. The number of aliphatic imine (C=N–C) groups is 1. The van der Waals surface area contributed by atoms with Crippen LogP contribution in [0, 0.1) is 5.82 Å². The first-order valence-electron chi connectivity index (χ1n) is 12.1. The third kappa shape index (κ3) is 5.60. The van der Waals surface area contributed by atoms with E-state index in [0.717, 1.165) is 37.2 Å². The summed E-state index contributed by atoms with van der Waals surface area (Å²) < 4.78 is 86.7. The third-order valence-electron chi connectivity index (χ3n) is 7.02. The van der Waals surface area contributed by atoms with Gasteiger partial charge in [-0.15, -0.1) is 0 Å². The van der Waals surface area contributed by atoms with Crippen LogP contribution in [0.15, 0.2) is 35.5 Å². The molecule has 0 radical (unpaired) electrons. The maximum absolute atomic E-state index is 15.0. The molecule has 4 heterocycles. The summed E-state index contributed by atoms with van der Waals surface area (Å²) in [5, 5.41) is 2.46. The number of nitrogens with zero attached hydrogens (tertiary/aromatic N) is 3. The van der Waals surface area contributed by atoms with Crippen molar-refractivity contribution in [3.05, 3.63) is 47.7 Å². The Balaban J connectivity index is 1.53. The number of amides is 1. The van der Waals surface area contributed by atoms with E-state index >= 15 is 4.39 Å². The molecule has 2 aromatic rings. The van der Waals surface area contributed by atoms with Gasteiger partial charge in [0.05, 0.1) is 10.9 Å². The summed E-state index contributed by atoms with van der Waals surface area (Å²) in [5.41, 5.74) is 4.63. The fourth-order valence-electron chi connectivity index (χ4n) is 4.65. The summed E-state index contributed by atoms with van der Waals surface area (Å²) in [5.74, 6) is -6.00. The molecule has 0 bridgehead atoms. The highest BCUT2D eigenvalue weighted by molar-refractivity contribution is 8.03. The number of thiol groups is 1. The van der Waals surface area contributed by atoms with Crippen molar-refractivity contribution >= 4 is 27.7 Å². The average Bonchev–Trinajstić information content (AvgIpc) is 3.02. The number of nitrogens with one attached hydrogen (secondary N) is 2. The molecular weight excluding hydrogens is 547 g/mol. The summed E-state index contributed by atoms with van der Waals surface area (Å²) in [7, 11) is -3.16. The Labute approximate surface area is 222 Å². The third-order valence-corrected chi connectivity index (χ3v) is 10.9. The van der Waals surface area contributed by atoms with Gasteiger partial charge in [-0.25, -0.2) is 23.1 Å². The molecular formula is C24H29F5N6O3S. The number of hydrogen-bond donors (Lipinski definition) is 4. The Bertz CT molecular complexity index is 1330. The van der Waals surface area contributed by atoms with E-state index in [1.54, 1.807) is 13.8 Å². The van der Waals surface area contributed by atoms with E-state index in [1.165, 1.54) is 6.07 Å². The maximum atomic E-state index is 15.0. The molecule has 4 rings (SSSR count). The standard InChI is InChI=1S/C24H29F5N6O3S/c1-22(13-39(37)23(2,21(30)35-22)9-3-4-10-32-39)18-15(25)6-8-17(33-18)34-19(36)16-7-5-14(11-31-16)38-12-24(28,29)20(26)27/h5-8,11,20,39H,3-4,9-10,12-13H2,1-2H3,(H2,30,35)(H,32,37)(H,33,34,36). The molecule has 15 heteroatoms. The van der Waals surface area contributed by atoms with Crippen molar-refractivity contribution in [2.45, 2.75) is 55.7 Å². The lowest BCUT2D eigenvalue weighted by Gasteiger charge is -2.48. The fraction of sp³-hybridized carbons (Fsp3) is 0.500. The van der Waals surface area contributed by atoms with Gasteiger partial charge in [-0.1, -0.05) is 6.42 Å². The molecule has 2 aliphatic heterocycles. The lowest BCUT2D eigenvalue weighted by atomic mass is 9.96. The molecule has 214 valence electrons. The van der Waals surface area contributed by atoms with Crippen LogP contribution in [0.2, 0.25) is 0 Å². The summed E-state index contributed by atoms with van der Waals surface area (Å²) in [6.07, 6.45) is -0.746. The van der Waals surface area contributed by atoms with E-state index in [2.05, 4.69) is 29.7 Å². The number of hydrogen-bond acceptors (Lipinski definition) is 7. The van der Waals surface area contributed by atoms with Crippen LogP contribution in [-0.4, -0.2) is 61.9 Å². The number of carbonyl (C=O) groups excluding carboxylic acids is 1. The van der Waals surface area contributed by atoms with E-state index in [0.29, 0.717) is 13.0 Å². The van der Waals surface area contributed by atoms with Crippen molar-refractivity contribution in [3.8, 4) is 5.75 Å². The Morgan fingerprint density at radius 2 is 2.00 bits per heavy atom. The van der Waals surface area contributed by atoms with Crippen LogP contribution < -0.4 is 20.5 Å². The molecule has 39 heavy (non-hydrogen) atoms. The van der Waals surface area contributed by atoms with Crippen LogP contribution in [0.3, 0.4) is 0 Å². The van der Waals surface area contributed by atoms with Crippen LogP contribution in [0.1, 0.15) is 49.3 Å². The first-order valence-corrected chi connectivity index (χ1v) is 14.0. The van der Waals surface area contributed by atoms with Gasteiger partial charge < -0.3 is 15.8 Å². The number of amidine groups is 1. The van der Waals surface area contributed by atoms with Gasteiger partial charge >= 0.3 is 12.3 Å². The van der Waals surface area contributed by atoms with Gasteiger partial charge in [-0.2, -0.15) is 8.78 Å². The number of alkyl halides is 4. The summed E-state index contributed by atoms with van der Waals surface area (Å²) in [6.45, 7) is 2.36. The zero-order valence-electron chi connectivity index (χ0n) is 21.2. The number of rotatable bonds is 7. The number of anilines is 1. The van der Waals surface area contributed by atoms with Crippen LogP contribution in [-0.2, 0) is 15.7 Å². The van der Waals surface area contributed by atoms with Gasteiger partial charge in [-0.05, 0) is 61.1 Å². The molecule has 9 nitrogen and oxygen atoms in total. The van der Waals surface area contributed by atoms with E-state index in [9.17, 15) is 26.6 Å². The predicted molar refractivity (Wildman–Crippen MR) is 136 cm³/mol. The van der Waals surface area contributed by atoms with Gasteiger partial charge in [-0.3, -0.25) is 18.7 Å². The van der Waals surface area contributed by atoms with Crippen LogP contribution >= 0.6 is 0 Å². The average molecular weight is 577 g/mol. The quantitative estimate of drug-likeness (QED) is 0.296. The summed E-state index contributed by atoms with van der Waals surface area (Å²) in [6, 6.07) is 4.55. The van der Waals surface area contributed by atoms with Crippen molar-refractivity contribution in [1.29, 1.82) is 0 Å². The number of ether oxygens (including phenoxy) is 1. The molecule has 4 N–H and O–H groups in total. The Kier molecular flexibility index (Phi) is 7.69. The van der Waals surface area contributed by atoms with E-state index < -0.39 is 51.1 Å². The van der Waals surface area contributed by atoms with Gasteiger partial charge in [0.1, 0.15) is 40.1 Å². The highest BCUT2D eigenvalue weighted by atomic mass is 32.3. The van der Waals surface area contributed by atoms with Crippen LogP contribution in [0.25, 0.3) is 0 Å².